The SMILES string of the molecule is O=C1/C(=C/O)CCSc2ccccc21. The fraction of sp³-hybridized carbons (Fsp3) is 0.182. The van der Waals surface area contributed by atoms with Crippen molar-refractivity contribution in [3.8, 4) is 0 Å². The number of carbonyl (C=O) groups is 1. The van der Waals surface area contributed by atoms with Crippen molar-refractivity contribution in [2.45, 2.75) is 11.3 Å². The highest BCUT2D eigenvalue weighted by Crippen LogP contribution is 2.30. The van der Waals surface area contributed by atoms with Gasteiger partial charge in [-0.1, -0.05) is 12.1 Å². The summed E-state index contributed by atoms with van der Waals surface area (Å²) in [4.78, 5) is 12.8. The number of rotatable bonds is 0. The molecule has 14 heavy (non-hydrogen) atoms. The van der Waals surface area contributed by atoms with Crippen LogP contribution < -0.4 is 0 Å². The van der Waals surface area contributed by atoms with Crippen molar-refractivity contribution in [3.05, 3.63) is 41.7 Å². The topological polar surface area (TPSA) is 37.3 Å². The summed E-state index contributed by atoms with van der Waals surface area (Å²) in [7, 11) is 0. The normalized spacial score (nSPS) is 19.1. The molecule has 0 saturated carbocycles. The molecule has 3 heteroatoms. The Balaban J connectivity index is 2.50. The maximum atomic E-state index is 11.8. The fourth-order valence-corrected chi connectivity index (χ4v) is 2.49. The van der Waals surface area contributed by atoms with Gasteiger partial charge >= 0.3 is 0 Å². The summed E-state index contributed by atoms with van der Waals surface area (Å²) in [5.41, 5.74) is 1.21. The smallest absolute Gasteiger partial charge is 0.193 e. The number of aliphatic hydroxyl groups is 1. The van der Waals surface area contributed by atoms with E-state index in [1.807, 2.05) is 18.2 Å². The molecule has 72 valence electrons. The van der Waals surface area contributed by atoms with Gasteiger partial charge in [-0.15, -0.1) is 11.8 Å². The molecule has 0 bridgehead atoms. The second kappa shape index (κ2) is 3.88. The number of hydrogen-bond donors (Lipinski definition) is 1. The molecule has 2 rings (SSSR count). The van der Waals surface area contributed by atoms with Crippen LogP contribution in [-0.4, -0.2) is 16.6 Å². The summed E-state index contributed by atoms with van der Waals surface area (Å²) in [5.74, 6) is 0.794. The van der Waals surface area contributed by atoms with Crippen molar-refractivity contribution in [1.82, 2.24) is 0 Å². The Morgan fingerprint density at radius 3 is 2.93 bits per heavy atom. The largest absolute Gasteiger partial charge is 0.515 e. The number of carbonyl (C=O) groups excluding carboxylic acids is 1. The minimum absolute atomic E-state index is 0.0481. The lowest BCUT2D eigenvalue weighted by atomic mass is 10.0. The predicted molar refractivity (Wildman–Crippen MR) is 56.8 cm³/mol. The zero-order valence-electron chi connectivity index (χ0n) is 7.56. The summed E-state index contributed by atoms with van der Waals surface area (Å²) in [6, 6.07) is 7.52. The van der Waals surface area contributed by atoms with Crippen LogP contribution in [0.3, 0.4) is 0 Å². The number of benzene rings is 1. The van der Waals surface area contributed by atoms with Crippen LogP contribution in [0.4, 0.5) is 0 Å². The van der Waals surface area contributed by atoms with Crippen LogP contribution in [0.1, 0.15) is 16.8 Å². The minimum atomic E-state index is -0.0481. The van der Waals surface area contributed by atoms with E-state index in [9.17, 15) is 4.79 Å². The van der Waals surface area contributed by atoms with Crippen molar-refractivity contribution >= 4 is 17.5 Å². The van der Waals surface area contributed by atoms with E-state index in [0.717, 1.165) is 16.9 Å². The maximum absolute atomic E-state index is 11.8. The third-order valence-electron chi connectivity index (χ3n) is 2.21. The molecule has 0 spiro atoms. The molecule has 0 saturated heterocycles. The molecule has 1 aliphatic heterocycles. The van der Waals surface area contributed by atoms with Gasteiger partial charge < -0.3 is 5.11 Å². The molecule has 0 fully saturated rings. The minimum Gasteiger partial charge on any atom is -0.515 e. The Morgan fingerprint density at radius 1 is 1.36 bits per heavy atom. The quantitative estimate of drug-likeness (QED) is 0.524. The third-order valence-corrected chi connectivity index (χ3v) is 3.28. The average Bonchev–Trinajstić information content (AvgIpc) is 2.39. The van der Waals surface area contributed by atoms with Crippen molar-refractivity contribution in [2.24, 2.45) is 0 Å². The van der Waals surface area contributed by atoms with Crippen LogP contribution >= 0.6 is 11.8 Å². The van der Waals surface area contributed by atoms with E-state index < -0.39 is 0 Å². The lowest BCUT2D eigenvalue weighted by Gasteiger charge is -2.02. The number of allylic oxidation sites excluding steroid dienone is 1. The van der Waals surface area contributed by atoms with Gasteiger partial charge in [-0.05, 0) is 18.6 Å². The summed E-state index contributed by atoms with van der Waals surface area (Å²) >= 11 is 1.66. The zero-order chi connectivity index (χ0) is 9.97. The predicted octanol–water partition coefficient (Wildman–Crippen LogP) is 2.81. The van der Waals surface area contributed by atoms with E-state index in [-0.39, 0.29) is 5.78 Å². The van der Waals surface area contributed by atoms with Gasteiger partial charge in [0.05, 0.1) is 6.26 Å². The first-order valence-corrected chi connectivity index (χ1v) is 5.41. The second-order valence-corrected chi connectivity index (χ2v) is 4.21. The average molecular weight is 206 g/mol. The Bertz CT molecular complexity index is 396. The van der Waals surface area contributed by atoms with E-state index in [1.165, 1.54) is 0 Å². The monoisotopic (exact) mass is 206 g/mol. The molecule has 0 aromatic heterocycles. The molecule has 1 aliphatic rings. The summed E-state index contributed by atoms with van der Waals surface area (Å²) < 4.78 is 0. The van der Waals surface area contributed by atoms with Crippen molar-refractivity contribution in [2.75, 3.05) is 5.75 Å². The summed E-state index contributed by atoms with van der Waals surface area (Å²) in [6.07, 6.45) is 1.57. The molecular formula is C11H10O2S. The Labute approximate surface area is 86.6 Å². The number of aliphatic hydroxyl groups excluding tert-OH is 1. The first-order chi connectivity index (χ1) is 6.83. The number of ketones is 1. The zero-order valence-corrected chi connectivity index (χ0v) is 8.38. The van der Waals surface area contributed by atoms with Gasteiger partial charge in [0.2, 0.25) is 0 Å². The van der Waals surface area contributed by atoms with Crippen LogP contribution in [0.2, 0.25) is 0 Å². The molecule has 0 atom stereocenters. The van der Waals surface area contributed by atoms with Gasteiger partial charge in [-0.2, -0.15) is 0 Å². The van der Waals surface area contributed by atoms with E-state index in [2.05, 4.69) is 0 Å². The molecule has 0 unspecified atom stereocenters. The molecular weight excluding hydrogens is 196 g/mol. The van der Waals surface area contributed by atoms with Crippen molar-refractivity contribution in [1.29, 1.82) is 0 Å². The lowest BCUT2D eigenvalue weighted by molar-refractivity contribution is 0.102. The number of fused-ring (bicyclic) bond motifs is 1. The highest BCUT2D eigenvalue weighted by atomic mass is 32.2. The van der Waals surface area contributed by atoms with E-state index in [4.69, 9.17) is 5.11 Å². The van der Waals surface area contributed by atoms with Crippen molar-refractivity contribution < 1.29 is 9.90 Å². The van der Waals surface area contributed by atoms with Crippen LogP contribution in [-0.2, 0) is 0 Å². The van der Waals surface area contributed by atoms with Gasteiger partial charge in [-0.3, -0.25) is 4.79 Å². The van der Waals surface area contributed by atoms with E-state index >= 15 is 0 Å². The number of thioether (sulfide) groups is 1. The first kappa shape index (κ1) is 9.34. The summed E-state index contributed by atoms with van der Waals surface area (Å²) in [6.45, 7) is 0. The molecule has 0 amide bonds. The van der Waals surface area contributed by atoms with Crippen molar-refractivity contribution in [3.63, 3.8) is 0 Å². The van der Waals surface area contributed by atoms with Crippen LogP contribution in [0, 0.1) is 0 Å². The van der Waals surface area contributed by atoms with Crippen LogP contribution in [0.5, 0.6) is 0 Å². The standard InChI is InChI=1S/C11H10O2S/c12-7-8-5-6-14-10-4-2-1-3-9(10)11(8)13/h1-4,7,12H,5-6H2/b8-7+. The molecule has 1 aromatic carbocycles. The maximum Gasteiger partial charge on any atom is 0.193 e. The molecule has 1 aromatic rings. The van der Waals surface area contributed by atoms with Gasteiger partial charge in [0.25, 0.3) is 0 Å². The lowest BCUT2D eigenvalue weighted by Crippen LogP contribution is -2.02. The molecule has 0 aliphatic carbocycles. The molecule has 0 radical (unpaired) electrons. The van der Waals surface area contributed by atoms with Gasteiger partial charge in [-0.25, -0.2) is 0 Å². The first-order valence-electron chi connectivity index (χ1n) is 4.42. The van der Waals surface area contributed by atoms with Gasteiger partial charge in [0.1, 0.15) is 0 Å². The van der Waals surface area contributed by atoms with E-state index in [0.29, 0.717) is 17.6 Å². The van der Waals surface area contributed by atoms with Crippen LogP contribution in [0.25, 0.3) is 0 Å². The van der Waals surface area contributed by atoms with Gasteiger partial charge in [0, 0.05) is 21.8 Å². The second-order valence-electron chi connectivity index (χ2n) is 3.08. The number of hydrogen-bond acceptors (Lipinski definition) is 3. The fourth-order valence-electron chi connectivity index (χ4n) is 1.46. The molecule has 1 N–H and O–H groups in total. The highest BCUT2D eigenvalue weighted by Gasteiger charge is 2.19. The Kier molecular flexibility index (Phi) is 2.59. The molecule has 1 heterocycles. The summed E-state index contributed by atoms with van der Waals surface area (Å²) in [5, 5.41) is 8.92. The number of Topliss-reactive ketones (excluding diaryl/α,β-unsaturated/α-hetero) is 1. The third kappa shape index (κ3) is 1.55. The Hall–Kier alpha value is -1.22. The molecule has 2 nitrogen and oxygen atoms in total. The van der Waals surface area contributed by atoms with E-state index in [1.54, 1.807) is 17.8 Å². The Morgan fingerprint density at radius 2 is 2.14 bits per heavy atom. The van der Waals surface area contributed by atoms with Crippen LogP contribution in [0.15, 0.2) is 41.0 Å². The van der Waals surface area contributed by atoms with Gasteiger partial charge in [0.15, 0.2) is 5.78 Å². The highest BCUT2D eigenvalue weighted by molar-refractivity contribution is 7.99.